The summed E-state index contributed by atoms with van der Waals surface area (Å²) in [5.41, 5.74) is 0.831. The van der Waals surface area contributed by atoms with Crippen LogP contribution in [0.25, 0.3) is 11.4 Å². The van der Waals surface area contributed by atoms with E-state index in [2.05, 4.69) is 26.1 Å². The van der Waals surface area contributed by atoms with Crippen molar-refractivity contribution in [2.75, 3.05) is 13.1 Å². The van der Waals surface area contributed by atoms with Crippen molar-refractivity contribution in [1.82, 2.24) is 14.4 Å². The Labute approximate surface area is 170 Å². The van der Waals surface area contributed by atoms with E-state index in [9.17, 15) is 12.8 Å². The van der Waals surface area contributed by atoms with Crippen LogP contribution in [0.1, 0.15) is 24.7 Å². The van der Waals surface area contributed by atoms with E-state index in [1.54, 1.807) is 0 Å². The van der Waals surface area contributed by atoms with Crippen molar-refractivity contribution >= 4 is 26.0 Å². The Balaban J connectivity index is 1.48. The van der Waals surface area contributed by atoms with Crippen LogP contribution < -0.4 is 0 Å². The van der Waals surface area contributed by atoms with Crippen LogP contribution in [0.5, 0.6) is 0 Å². The first-order valence-corrected chi connectivity index (χ1v) is 11.0. The zero-order valence-corrected chi connectivity index (χ0v) is 17.2. The maximum absolute atomic E-state index is 13.9. The molecule has 1 fully saturated rings. The lowest BCUT2D eigenvalue weighted by atomic mass is 9.98. The molecule has 0 saturated carbocycles. The van der Waals surface area contributed by atoms with Crippen molar-refractivity contribution in [3.05, 3.63) is 64.7 Å². The van der Waals surface area contributed by atoms with Crippen LogP contribution >= 0.6 is 15.9 Å². The fourth-order valence-corrected chi connectivity index (χ4v) is 5.29. The van der Waals surface area contributed by atoms with Gasteiger partial charge in [-0.1, -0.05) is 45.4 Å². The topological polar surface area (TPSA) is 76.3 Å². The molecule has 146 valence electrons. The van der Waals surface area contributed by atoms with E-state index >= 15 is 0 Å². The smallest absolute Gasteiger partial charge is 0.245 e. The van der Waals surface area contributed by atoms with Gasteiger partial charge in [0.25, 0.3) is 0 Å². The Morgan fingerprint density at radius 2 is 1.75 bits per heavy atom. The standard InChI is InChI=1S/C19H17BrFN3O3S/c20-15-6-2-1-5-14(15)18-22-19(27-23-18)13-9-11-24(12-10-13)28(25,26)17-8-4-3-7-16(17)21/h1-8,13H,9-12H2. The maximum Gasteiger partial charge on any atom is 0.245 e. The molecule has 1 aromatic heterocycles. The van der Waals surface area contributed by atoms with Crippen molar-refractivity contribution in [2.45, 2.75) is 23.7 Å². The Bertz CT molecular complexity index is 1100. The van der Waals surface area contributed by atoms with Gasteiger partial charge in [0.1, 0.15) is 10.7 Å². The molecule has 0 unspecified atom stereocenters. The van der Waals surface area contributed by atoms with Gasteiger partial charge >= 0.3 is 0 Å². The maximum atomic E-state index is 13.9. The molecule has 1 aliphatic heterocycles. The van der Waals surface area contributed by atoms with Crippen molar-refractivity contribution in [3.8, 4) is 11.4 Å². The molecule has 2 heterocycles. The molecule has 0 radical (unpaired) electrons. The van der Waals surface area contributed by atoms with Crippen LogP contribution in [0.15, 0.2) is 62.4 Å². The van der Waals surface area contributed by atoms with Crippen LogP contribution in [-0.4, -0.2) is 36.0 Å². The highest BCUT2D eigenvalue weighted by Crippen LogP contribution is 2.32. The van der Waals surface area contributed by atoms with Gasteiger partial charge < -0.3 is 4.52 Å². The number of rotatable bonds is 4. The normalized spacial score (nSPS) is 16.4. The Hall–Kier alpha value is -2.10. The van der Waals surface area contributed by atoms with Crippen LogP contribution in [-0.2, 0) is 10.0 Å². The van der Waals surface area contributed by atoms with Crippen LogP contribution in [0.2, 0.25) is 0 Å². The van der Waals surface area contributed by atoms with E-state index < -0.39 is 15.8 Å². The molecular weight excluding hydrogens is 449 g/mol. The van der Waals surface area contributed by atoms with Gasteiger partial charge in [-0.3, -0.25) is 0 Å². The van der Waals surface area contributed by atoms with Gasteiger partial charge in [-0.2, -0.15) is 9.29 Å². The Kier molecular flexibility index (Phi) is 5.31. The Morgan fingerprint density at radius 3 is 2.46 bits per heavy atom. The second-order valence-electron chi connectivity index (χ2n) is 6.54. The highest BCUT2D eigenvalue weighted by Gasteiger charge is 2.33. The average Bonchev–Trinajstić information content (AvgIpc) is 3.18. The molecule has 0 N–H and O–H groups in total. The molecule has 28 heavy (non-hydrogen) atoms. The second-order valence-corrected chi connectivity index (χ2v) is 9.31. The lowest BCUT2D eigenvalue weighted by Crippen LogP contribution is -2.38. The Morgan fingerprint density at radius 1 is 1.07 bits per heavy atom. The summed E-state index contributed by atoms with van der Waals surface area (Å²) >= 11 is 3.47. The summed E-state index contributed by atoms with van der Waals surface area (Å²) in [5.74, 6) is 0.216. The van der Waals surface area contributed by atoms with Gasteiger partial charge in [0.2, 0.25) is 21.7 Å². The molecule has 2 aromatic carbocycles. The second kappa shape index (κ2) is 7.73. The zero-order valence-electron chi connectivity index (χ0n) is 14.8. The number of hydrogen-bond donors (Lipinski definition) is 0. The number of hydrogen-bond acceptors (Lipinski definition) is 5. The average molecular weight is 466 g/mol. The van der Waals surface area contributed by atoms with Gasteiger partial charge in [-0.15, -0.1) is 0 Å². The molecule has 6 nitrogen and oxygen atoms in total. The van der Waals surface area contributed by atoms with E-state index in [0.717, 1.165) is 16.1 Å². The van der Waals surface area contributed by atoms with Crippen LogP contribution in [0.3, 0.4) is 0 Å². The SMILES string of the molecule is O=S(=O)(c1ccccc1F)N1CCC(c2nc(-c3ccccc3Br)no2)CC1. The summed E-state index contributed by atoms with van der Waals surface area (Å²) in [6.07, 6.45) is 1.07. The number of halogens is 2. The van der Waals surface area contributed by atoms with Gasteiger partial charge in [0, 0.05) is 29.0 Å². The van der Waals surface area contributed by atoms with E-state index in [1.165, 1.54) is 22.5 Å². The summed E-state index contributed by atoms with van der Waals surface area (Å²) in [6, 6.07) is 13.0. The predicted molar refractivity (Wildman–Crippen MR) is 105 cm³/mol. The summed E-state index contributed by atoms with van der Waals surface area (Å²) in [6.45, 7) is 0.544. The number of benzene rings is 2. The van der Waals surface area contributed by atoms with Gasteiger partial charge in [-0.25, -0.2) is 12.8 Å². The minimum absolute atomic E-state index is 0.0317. The molecule has 1 aliphatic rings. The third-order valence-corrected chi connectivity index (χ3v) is 7.44. The number of sulfonamides is 1. The molecule has 1 saturated heterocycles. The number of nitrogens with zero attached hydrogens (tertiary/aromatic N) is 3. The largest absolute Gasteiger partial charge is 0.339 e. The first-order valence-electron chi connectivity index (χ1n) is 8.80. The fourth-order valence-electron chi connectivity index (χ4n) is 3.29. The van der Waals surface area contributed by atoms with E-state index in [4.69, 9.17) is 4.52 Å². The van der Waals surface area contributed by atoms with Gasteiger partial charge in [-0.05, 0) is 37.1 Å². The minimum Gasteiger partial charge on any atom is -0.339 e. The molecule has 0 aliphatic carbocycles. The monoisotopic (exact) mass is 465 g/mol. The van der Waals surface area contributed by atoms with Crippen LogP contribution in [0, 0.1) is 5.82 Å². The number of piperidine rings is 1. The van der Waals surface area contributed by atoms with Gasteiger partial charge in [0.05, 0.1) is 0 Å². The van der Waals surface area contributed by atoms with Crippen LogP contribution in [0.4, 0.5) is 4.39 Å². The number of aromatic nitrogens is 2. The minimum atomic E-state index is -3.86. The van der Waals surface area contributed by atoms with Crippen molar-refractivity contribution < 1.29 is 17.3 Å². The summed E-state index contributed by atoms with van der Waals surface area (Å²) in [5, 5.41) is 4.05. The highest BCUT2D eigenvalue weighted by atomic mass is 79.9. The van der Waals surface area contributed by atoms with E-state index in [1.807, 2.05) is 24.3 Å². The molecule has 0 bridgehead atoms. The van der Waals surface area contributed by atoms with Gasteiger partial charge in [0.15, 0.2) is 0 Å². The molecule has 4 rings (SSSR count). The first-order chi connectivity index (χ1) is 13.5. The molecule has 3 aromatic rings. The first kappa shape index (κ1) is 19.2. The summed E-state index contributed by atoms with van der Waals surface area (Å²) in [7, 11) is -3.86. The van der Waals surface area contributed by atoms with Crippen molar-refractivity contribution in [3.63, 3.8) is 0 Å². The molecule has 0 amide bonds. The zero-order chi connectivity index (χ0) is 19.7. The molecule has 0 spiro atoms. The predicted octanol–water partition coefficient (Wildman–Crippen LogP) is 4.21. The third kappa shape index (κ3) is 3.61. The van der Waals surface area contributed by atoms with E-state index in [-0.39, 0.29) is 23.9 Å². The lowest BCUT2D eigenvalue weighted by Gasteiger charge is -2.29. The summed E-state index contributed by atoms with van der Waals surface area (Å²) in [4.78, 5) is 4.20. The molecular formula is C19H17BrFN3O3S. The highest BCUT2D eigenvalue weighted by molar-refractivity contribution is 9.10. The summed E-state index contributed by atoms with van der Waals surface area (Å²) < 4.78 is 47.0. The van der Waals surface area contributed by atoms with Crippen molar-refractivity contribution in [2.24, 2.45) is 0 Å². The molecule has 0 atom stereocenters. The lowest BCUT2D eigenvalue weighted by molar-refractivity contribution is 0.270. The van der Waals surface area contributed by atoms with Crippen molar-refractivity contribution in [1.29, 1.82) is 0 Å². The fraction of sp³-hybridized carbons (Fsp3) is 0.263. The quantitative estimate of drug-likeness (QED) is 0.576. The third-order valence-electron chi connectivity index (χ3n) is 4.81. The molecule has 9 heteroatoms. The van der Waals surface area contributed by atoms with E-state index in [0.29, 0.717) is 24.6 Å².